The van der Waals surface area contributed by atoms with Gasteiger partial charge in [-0.3, -0.25) is 0 Å². The molecule has 184 valence electrons. The number of hydrogen-bond donors (Lipinski definition) is 3. The van der Waals surface area contributed by atoms with Gasteiger partial charge in [-0.05, 0) is 47.1 Å². The number of alkyl carbamates (subject to hydrolysis) is 1. The summed E-state index contributed by atoms with van der Waals surface area (Å²) in [5.41, 5.74) is -0.509. The molecule has 1 amide bonds. The van der Waals surface area contributed by atoms with Crippen LogP contribution in [-0.4, -0.2) is 54.0 Å². The summed E-state index contributed by atoms with van der Waals surface area (Å²) >= 11 is 0. The van der Waals surface area contributed by atoms with E-state index in [4.69, 9.17) is 4.74 Å². The fourth-order valence-electron chi connectivity index (χ4n) is 2.19. The lowest BCUT2D eigenvalue weighted by molar-refractivity contribution is -0.154. The number of aromatic nitrogens is 1. The number of ether oxygens (including phenoxy) is 2. The third-order valence-corrected chi connectivity index (χ3v) is 3.48. The fourth-order valence-corrected chi connectivity index (χ4v) is 2.19. The highest BCUT2D eigenvalue weighted by molar-refractivity contribution is 14.0. The molecule has 0 saturated heterocycles. The maximum absolute atomic E-state index is 12.2. The van der Waals surface area contributed by atoms with Gasteiger partial charge in [0.15, 0.2) is 12.6 Å². The van der Waals surface area contributed by atoms with Gasteiger partial charge in [0.1, 0.15) is 5.60 Å². The third-order valence-electron chi connectivity index (χ3n) is 3.48. The van der Waals surface area contributed by atoms with E-state index in [1.165, 1.54) is 12.3 Å². The smallest absolute Gasteiger partial charge is 0.422 e. The maximum atomic E-state index is 12.2. The van der Waals surface area contributed by atoms with Gasteiger partial charge in [0, 0.05) is 25.4 Å². The second-order valence-corrected chi connectivity index (χ2v) is 8.47. The fraction of sp³-hybridized carbons (Fsp3) is 0.650. The van der Waals surface area contributed by atoms with E-state index in [0.717, 1.165) is 0 Å². The summed E-state index contributed by atoms with van der Waals surface area (Å²) in [6, 6.07) is 2.96. The van der Waals surface area contributed by atoms with Crippen molar-refractivity contribution in [3.63, 3.8) is 0 Å². The molecule has 1 aromatic heterocycles. The van der Waals surface area contributed by atoms with E-state index < -0.39 is 30.0 Å². The Bertz CT molecular complexity index is 735. The molecule has 0 unspecified atom stereocenters. The molecule has 0 bridgehead atoms. The molecule has 32 heavy (non-hydrogen) atoms. The lowest BCUT2D eigenvalue weighted by atomic mass is 10.1. The Morgan fingerprint density at radius 1 is 1.12 bits per heavy atom. The van der Waals surface area contributed by atoms with Crippen LogP contribution >= 0.6 is 24.0 Å². The number of halogens is 4. The number of alkyl halides is 3. The van der Waals surface area contributed by atoms with Crippen molar-refractivity contribution < 1.29 is 27.4 Å². The van der Waals surface area contributed by atoms with E-state index in [-0.39, 0.29) is 36.4 Å². The van der Waals surface area contributed by atoms with Gasteiger partial charge >= 0.3 is 12.3 Å². The number of carbonyl (C=O) groups excluding carboxylic acids is 1. The molecule has 1 rings (SSSR count). The van der Waals surface area contributed by atoms with E-state index in [1.807, 2.05) is 20.8 Å². The van der Waals surface area contributed by atoms with E-state index in [2.05, 4.69) is 30.7 Å². The van der Waals surface area contributed by atoms with E-state index >= 15 is 0 Å². The average molecular weight is 575 g/mol. The lowest BCUT2D eigenvalue weighted by Gasteiger charge is -2.29. The summed E-state index contributed by atoms with van der Waals surface area (Å²) in [7, 11) is 0. The second-order valence-electron chi connectivity index (χ2n) is 8.47. The predicted octanol–water partition coefficient (Wildman–Crippen LogP) is 4.00. The van der Waals surface area contributed by atoms with Gasteiger partial charge in [-0.15, -0.1) is 24.0 Å². The number of hydrogen-bond acceptors (Lipinski definition) is 5. The number of carbonyl (C=O) groups is 1. The summed E-state index contributed by atoms with van der Waals surface area (Å²) in [4.78, 5) is 20.3. The van der Waals surface area contributed by atoms with Crippen molar-refractivity contribution in [1.29, 1.82) is 0 Å². The number of nitrogens with zero attached hydrogens (tertiary/aromatic N) is 2. The molecule has 0 aliphatic carbocycles. The molecular weight excluding hydrogens is 542 g/mol. The maximum Gasteiger partial charge on any atom is 0.422 e. The Hall–Kier alpha value is -1.99. The molecule has 0 aliphatic heterocycles. The monoisotopic (exact) mass is 575 g/mol. The first-order valence-electron chi connectivity index (χ1n) is 9.87. The van der Waals surface area contributed by atoms with E-state index in [9.17, 15) is 18.0 Å². The minimum absolute atomic E-state index is 0. The molecule has 0 fully saturated rings. The summed E-state index contributed by atoms with van der Waals surface area (Å²) in [6.45, 7) is 10.8. The highest BCUT2D eigenvalue weighted by Crippen LogP contribution is 2.17. The number of rotatable bonds is 8. The minimum Gasteiger partial charge on any atom is -0.468 e. The SMILES string of the molecule is CCNC(=NCc1ccc(OCC(F)(F)F)nc1)NCC(C)(C)NC(=O)OC(C)(C)C.I. The minimum atomic E-state index is -4.41. The van der Waals surface area contributed by atoms with Crippen LogP contribution in [0.1, 0.15) is 47.1 Å². The Balaban J connectivity index is 0.00000961. The Morgan fingerprint density at radius 3 is 2.28 bits per heavy atom. The van der Waals surface area contributed by atoms with Gasteiger partial charge in [-0.25, -0.2) is 14.8 Å². The van der Waals surface area contributed by atoms with Crippen LogP contribution in [-0.2, 0) is 11.3 Å². The topological polar surface area (TPSA) is 96.9 Å². The Kier molecular flexibility index (Phi) is 12.1. The van der Waals surface area contributed by atoms with Crippen LogP contribution in [0.3, 0.4) is 0 Å². The van der Waals surface area contributed by atoms with Crippen molar-refractivity contribution in [3.05, 3.63) is 23.9 Å². The molecular formula is C20H33F3IN5O3. The van der Waals surface area contributed by atoms with Gasteiger partial charge in [0.25, 0.3) is 0 Å². The first kappa shape index (κ1) is 30.0. The van der Waals surface area contributed by atoms with Gasteiger partial charge in [0.05, 0.1) is 12.1 Å². The van der Waals surface area contributed by atoms with Gasteiger partial charge in [0.2, 0.25) is 5.88 Å². The molecule has 0 aromatic carbocycles. The molecule has 0 radical (unpaired) electrons. The predicted molar refractivity (Wildman–Crippen MR) is 127 cm³/mol. The zero-order chi connectivity index (χ0) is 23.7. The summed E-state index contributed by atoms with van der Waals surface area (Å²) in [6.07, 6.45) is -3.52. The number of pyridine rings is 1. The lowest BCUT2D eigenvalue weighted by Crippen LogP contribution is -2.54. The van der Waals surface area contributed by atoms with E-state index in [1.54, 1.807) is 26.8 Å². The zero-order valence-electron chi connectivity index (χ0n) is 19.2. The number of nitrogens with one attached hydrogen (secondary N) is 3. The molecule has 0 saturated carbocycles. The number of amides is 1. The van der Waals surface area contributed by atoms with Crippen molar-refractivity contribution in [3.8, 4) is 5.88 Å². The van der Waals surface area contributed by atoms with Crippen molar-refractivity contribution in [2.75, 3.05) is 19.7 Å². The highest BCUT2D eigenvalue weighted by Gasteiger charge is 2.28. The van der Waals surface area contributed by atoms with Crippen molar-refractivity contribution in [2.45, 2.75) is 65.4 Å². The van der Waals surface area contributed by atoms with Crippen LogP contribution in [0.2, 0.25) is 0 Å². The molecule has 1 heterocycles. The van der Waals surface area contributed by atoms with Crippen LogP contribution in [0.25, 0.3) is 0 Å². The van der Waals surface area contributed by atoms with Gasteiger partial charge in [-0.2, -0.15) is 13.2 Å². The van der Waals surface area contributed by atoms with Gasteiger partial charge < -0.3 is 25.4 Å². The van der Waals surface area contributed by atoms with Crippen LogP contribution in [0.5, 0.6) is 5.88 Å². The normalized spacial score (nSPS) is 12.5. The quantitative estimate of drug-likeness (QED) is 0.247. The summed E-state index contributed by atoms with van der Waals surface area (Å²) in [5, 5.41) is 9.04. The first-order chi connectivity index (χ1) is 14.2. The Labute approximate surface area is 204 Å². The van der Waals surface area contributed by atoms with Crippen molar-refractivity contribution in [1.82, 2.24) is 20.9 Å². The molecule has 0 atom stereocenters. The van der Waals surface area contributed by atoms with Crippen molar-refractivity contribution >= 4 is 36.0 Å². The molecule has 12 heteroatoms. The molecule has 3 N–H and O–H groups in total. The highest BCUT2D eigenvalue weighted by atomic mass is 127. The molecule has 8 nitrogen and oxygen atoms in total. The molecule has 0 aliphatic rings. The molecule has 1 aromatic rings. The third kappa shape index (κ3) is 14.1. The average Bonchev–Trinajstić information content (AvgIpc) is 2.60. The zero-order valence-corrected chi connectivity index (χ0v) is 21.6. The van der Waals surface area contributed by atoms with Crippen molar-refractivity contribution in [2.24, 2.45) is 4.99 Å². The molecule has 0 spiro atoms. The first-order valence-corrected chi connectivity index (χ1v) is 9.87. The van der Waals surface area contributed by atoms with Crippen LogP contribution in [0.4, 0.5) is 18.0 Å². The van der Waals surface area contributed by atoms with Gasteiger partial charge in [-0.1, -0.05) is 6.07 Å². The number of aliphatic imine (C=N–C) groups is 1. The van der Waals surface area contributed by atoms with E-state index in [0.29, 0.717) is 24.6 Å². The number of guanidine groups is 1. The van der Waals surface area contributed by atoms with Crippen LogP contribution in [0.15, 0.2) is 23.3 Å². The second kappa shape index (κ2) is 12.9. The summed E-state index contributed by atoms with van der Waals surface area (Å²) < 4.78 is 46.4. The Morgan fingerprint density at radius 2 is 1.78 bits per heavy atom. The standard InChI is InChI=1S/C20H32F3N5O3.HI/c1-7-24-16(27-12-19(5,6)28-17(29)31-18(2,3)4)26-11-14-8-9-15(25-10-14)30-13-20(21,22)23;/h8-10H,7,11-13H2,1-6H3,(H,28,29)(H2,24,26,27);1H. The van der Waals surface area contributed by atoms with Crippen LogP contribution in [0, 0.1) is 0 Å². The summed E-state index contributed by atoms with van der Waals surface area (Å²) in [5.74, 6) is 0.406. The largest absolute Gasteiger partial charge is 0.468 e. The van der Waals surface area contributed by atoms with Crippen LogP contribution < -0.4 is 20.7 Å².